The Morgan fingerprint density at radius 2 is 1.90 bits per heavy atom. The molecule has 220 valence electrons. The number of hydrogen-bond acceptors (Lipinski definition) is 8. The predicted molar refractivity (Wildman–Crippen MR) is 160 cm³/mol. The monoisotopic (exact) mass is 601 g/mol. The molecule has 0 saturated carbocycles. The topological polar surface area (TPSA) is 96.7 Å². The standard InChI is InChI=1S/C29H37Cl2N7O3/c1-4-41-26(39)10-12-35-11-6-5-7-24(35)29(40)37-15-13-36(14-16-37)25-18-32-27-19(2)34-38(28(27)33-25)20(3)22-9-8-21(30)17-23(22)31/h8-9,17-18,20,24H,4-7,10-16H2,1-3H3. The number of fused-ring (bicyclic) bond motifs is 1. The zero-order valence-corrected chi connectivity index (χ0v) is 25.4. The van der Waals surface area contributed by atoms with Crippen molar-refractivity contribution in [3.63, 3.8) is 0 Å². The van der Waals surface area contributed by atoms with Gasteiger partial charge in [-0.25, -0.2) is 14.6 Å². The Balaban J connectivity index is 1.27. The summed E-state index contributed by atoms with van der Waals surface area (Å²) in [6.07, 6.45) is 4.99. The number of aromatic nitrogens is 4. The quantitative estimate of drug-likeness (QED) is 0.348. The van der Waals surface area contributed by atoms with Crippen LogP contribution in [0.2, 0.25) is 10.0 Å². The Bertz CT molecular complexity index is 1410. The largest absolute Gasteiger partial charge is 0.466 e. The lowest BCUT2D eigenvalue weighted by molar-refractivity contribution is -0.145. The number of halogens is 2. The van der Waals surface area contributed by atoms with E-state index in [1.54, 1.807) is 12.3 Å². The summed E-state index contributed by atoms with van der Waals surface area (Å²) in [5.74, 6) is 0.698. The highest BCUT2D eigenvalue weighted by Gasteiger charge is 2.34. The first-order chi connectivity index (χ1) is 19.8. The second-order valence-corrected chi connectivity index (χ2v) is 11.5. The van der Waals surface area contributed by atoms with Gasteiger partial charge in [-0.3, -0.25) is 14.5 Å². The molecule has 2 fully saturated rings. The van der Waals surface area contributed by atoms with Crippen molar-refractivity contribution < 1.29 is 14.3 Å². The van der Waals surface area contributed by atoms with Crippen molar-refractivity contribution in [2.45, 2.75) is 58.5 Å². The lowest BCUT2D eigenvalue weighted by Crippen LogP contribution is -2.56. The van der Waals surface area contributed by atoms with Crippen molar-refractivity contribution >= 4 is 52.1 Å². The van der Waals surface area contributed by atoms with Gasteiger partial charge in [0, 0.05) is 42.8 Å². The van der Waals surface area contributed by atoms with Gasteiger partial charge in [0.1, 0.15) is 11.3 Å². The van der Waals surface area contributed by atoms with Crippen LogP contribution in [-0.4, -0.2) is 93.3 Å². The van der Waals surface area contributed by atoms with Gasteiger partial charge in [-0.05, 0) is 57.9 Å². The number of anilines is 1. The van der Waals surface area contributed by atoms with E-state index in [4.69, 9.17) is 43.0 Å². The third-order valence-electron chi connectivity index (χ3n) is 8.06. The van der Waals surface area contributed by atoms with Crippen LogP contribution in [-0.2, 0) is 14.3 Å². The van der Waals surface area contributed by atoms with Gasteiger partial charge in [0.05, 0.1) is 37.0 Å². The van der Waals surface area contributed by atoms with Gasteiger partial charge in [-0.15, -0.1) is 0 Å². The fraction of sp³-hybridized carbons (Fsp3) is 0.552. The maximum atomic E-state index is 13.5. The fourth-order valence-corrected chi connectivity index (χ4v) is 6.38. The van der Waals surface area contributed by atoms with Crippen LogP contribution in [0.25, 0.3) is 11.2 Å². The third kappa shape index (κ3) is 6.44. The van der Waals surface area contributed by atoms with Gasteiger partial charge >= 0.3 is 5.97 Å². The molecule has 2 aliphatic heterocycles. The summed E-state index contributed by atoms with van der Waals surface area (Å²) in [4.78, 5) is 41.4. The van der Waals surface area contributed by atoms with E-state index in [0.29, 0.717) is 61.4 Å². The van der Waals surface area contributed by atoms with Crippen molar-refractivity contribution in [1.82, 2.24) is 29.5 Å². The number of piperidine rings is 1. The second-order valence-electron chi connectivity index (χ2n) is 10.7. The molecular formula is C29H37Cl2N7O3. The number of rotatable bonds is 8. The first-order valence-electron chi connectivity index (χ1n) is 14.4. The number of piperazine rings is 1. The van der Waals surface area contributed by atoms with E-state index in [1.165, 1.54) is 0 Å². The van der Waals surface area contributed by atoms with E-state index in [2.05, 4.69) is 9.80 Å². The average Bonchev–Trinajstić information content (AvgIpc) is 3.31. The highest BCUT2D eigenvalue weighted by molar-refractivity contribution is 6.35. The first-order valence-corrected chi connectivity index (χ1v) is 15.1. The SMILES string of the molecule is CCOC(=O)CCN1CCCCC1C(=O)N1CCN(c2cnc3c(C)nn(C(C)c4ccc(Cl)cc4Cl)c3n2)CC1. The molecule has 41 heavy (non-hydrogen) atoms. The van der Waals surface area contributed by atoms with Gasteiger partial charge in [-0.2, -0.15) is 5.10 Å². The molecule has 2 aliphatic rings. The van der Waals surface area contributed by atoms with Crippen molar-refractivity contribution in [3.05, 3.63) is 45.7 Å². The molecule has 5 rings (SSSR count). The van der Waals surface area contributed by atoms with Crippen LogP contribution in [0.3, 0.4) is 0 Å². The first kappa shape index (κ1) is 29.5. The van der Waals surface area contributed by atoms with Crippen molar-refractivity contribution in [2.24, 2.45) is 0 Å². The molecule has 2 atom stereocenters. The second kappa shape index (κ2) is 12.9. The number of esters is 1. The summed E-state index contributed by atoms with van der Waals surface area (Å²) < 4.78 is 6.95. The number of benzene rings is 1. The van der Waals surface area contributed by atoms with Crippen LogP contribution in [0.1, 0.15) is 56.8 Å². The minimum Gasteiger partial charge on any atom is -0.466 e. The van der Waals surface area contributed by atoms with Crippen molar-refractivity contribution in [3.8, 4) is 0 Å². The number of nitrogens with zero attached hydrogens (tertiary/aromatic N) is 7. The zero-order chi connectivity index (χ0) is 29.1. The highest BCUT2D eigenvalue weighted by Crippen LogP contribution is 2.31. The third-order valence-corrected chi connectivity index (χ3v) is 8.62. The summed E-state index contributed by atoms with van der Waals surface area (Å²) in [6.45, 7) is 10.1. The molecule has 4 heterocycles. The Hall–Kier alpha value is -2.95. The lowest BCUT2D eigenvalue weighted by atomic mass is 10.00. The molecule has 10 nitrogen and oxygen atoms in total. The fourth-order valence-electron chi connectivity index (χ4n) is 5.81. The molecule has 1 aromatic carbocycles. The molecule has 1 amide bonds. The van der Waals surface area contributed by atoms with Gasteiger partial charge in [0.2, 0.25) is 5.91 Å². The summed E-state index contributed by atoms with van der Waals surface area (Å²) in [7, 11) is 0. The summed E-state index contributed by atoms with van der Waals surface area (Å²) >= 11 is 12.6. The molecule has 3 aromatic rings. The summed E-state index contributed by atoms with van der Waals surface area (Å²) in [6, 6.07) is 5.12. The van der Waals surface area contributed by atoms with Crippen LogP contribution in [0.5, 0.6) is 0 Å². The van der Waals surface area contributed by atoms with E-state index in [1.807, 2.05) is 42.5 Å². The van der Waals surface area contributed by atoms with Crippen LogP contribution in [0, 0.1) is 6.92 Å². The van der Waals surface area contributed by atoms with Crippen molar-refractivity contribution in [2.75, 3.05) is 50.8 Å². The Morgan fingerprint density at radius 3 is 2.63 bits per heavy atom. The van der Waals surface area contributed by atoms with E-state index in [-0.39, 0.29) is 24.0 Å². The number of hydrogen-bond donors (Lipinski definition) is 0. The lowest BCUT2D eigenvalue weighted by Gasteiger charge is -2.41. The molecule has 0 N–H and O–H groups in total. The normalized spacial score (nSPS) is 19.0. The maximum absolute atomic E-state index is 13.5. The zero-order valence-electron chi connectivity index (χ0n) is 23.9. The molecular weight excluding hydrogens is 565 g/mol. The van der Waals surface area contributed by atoms with Crippen LogP contribution in [0.15, 0.2) is 24.4 Å². The van der Waals surface area contributed by atoms with Crippen molar-refractivity contribution in [1.29, 1.82) is 0 Å². The number of aryl methyl sites for hydroxylation is 1. The number of ether oxygens (including phenoxy) is 1. The molecule has 0 radical (unpaired) electrons. The Labute approximate surface area is 250 Å². The minimum absolute atomic E-state index is 0.150. The van der Waals surface area contributed by atoms with Gasteiger partial charge in [0.15, 0.2) is 5.65 Å². The van der Waals surface area contributed by atoms with Crippen LogP contribution in [0.4, 0.5) is 5.82 Å². The van der Waals surface area contributed by atoms with Crippen LogP contribution >= 0.6 is 23.2 Å². The molecule has 2 aromatic heterocycles. The van der Waals surface area contributed by atoms with Gasteiger partial charge in [0.25, 0.3) is 0 Å². The molecule has 12 heteroatoms. The minimum atomic E-state index is -0.210. The summed E-state index contributed by atoms with van der Waals surface area (Å²) in [5, 5.41) is 5.90. The Morgan fingerprint density at radius 1 is 1.12 bits per heavy atom. The molecule has 2 unspecified atom stereocenters. The molecule has 2 saturated heterocycles. The molecule has 0 aliphatic carbocycles. The number of carbonyl (C=O) groups is 2. The average molecular weight is 603 g/mol. The van der Waals surface area contributed by atoms with E-state index in [9.17, 15) is 9.59 Å². The number of carbonyl (C=O) groups excluding carboxylic acids is 2. The molecule has 0 spiro atoms. The van der Waals surface area contributed by atoms with Gasteiger partial charge in [-0.1, -0.05) is 35.7 Å². The number of likely N-dealkylation sites (tertiary alicyclic amines) is 1. The van der Waals surface area contributed by atoms with E-state index < -0.39 is 0 Å². The highest BCUT2D eigenvalue weighted by atomic mass is 35.5. The van der Waals surface area contributed by atoms with Crippen LogP contribution < -0.4 is 4.90 Å². The van der Waals surface area contributed by atoms with E-state index >= 15 is 0 Å². The predicted octanol–water partition coefficient (Wildman–Crippen LogP) is 4.51. The molecule has 0 bridgehead atoms. The van der Waals surface area contributed by atoms with E-state index in [0.717, 1.165) is 48.4 Å². The maximum Gasteiger partial charge on any atom is 0.307 e. The van der Waals surface area contributed by atoms with Gasteiger partial charge < -0.3 is 14.5 Å². The number of amides is 1. The Kier molecular flexibility index (Phi) is 9.31. The summed E-state index contributed by atoms with van der Waals surface area (Å²) in [5.41, 5.74) is 3.14. The smallest absolute Gasteiger partial charge is 0.307 e.